The number of ether oxygens (including phenoxy) is 1. The lowest BCUT2D eigenvalue weighted by Gasteiger charge is -2.10. The van der Waals surface area contributed by atoms with Gasteiger partial charge < -0.3 is 4.74 Å². The van der Waals surface area contributed by atoms with Gasteiger partial charge in [-0.15, -0.1) is 0 Å². The molecule has 0 spiro atoms. The number of sulfonamides is 1. The lowest BCUT2D eigenvalue weighted by Crippen LogP contribution is -2.13. The highest BCUT2D eigenvalue weighted by molar-refractivity contribution is 7.92. The topological polar surface area (TPSA) is 123 Å². The highest BCUT2D eigenvalue weighted by Gasteiger charge is 2.32. The summed E-state index contributed by atoms with van der Waals surface area (Å²) in [6, 6.07) is 13.6. The maximum Gasteiger partial charge on any atom is 0.417 e. The second-order valence-electron chi connectivity index (χ2n) is 6.73. The molecule has 9 nitrogen and oxygen atoms in total. The minimum atomic E-state index is -4.61. The molecule has 3 aromatic carbocycles. The van der Waals surface area contributed by atoms with Crippen LogP contribution in [0.4, 0.5) is 30.2 Å². The van der Waals surface area contributed by atoms with Gasteiger partial charge in [0, 0.05) is 17.3 Å². The Hall–Kier alpha value is -4.13. The molecule has 0 aromatic heterocycles. The van der Waals surface area contributed by atoms with Crippen LogP contribution in [-0.4, -0.2) is 26.7 Å². The van der Waals surface area contributed by atoms with E-state index in [-0.39, 0.29) is 16.9 Å². The lowest BCUT2D eigenvalue weighted by atomic mass is 10.1. The number of rotatable bonds is 8. The first-order valence-corrected chi connectivity index (χ1v) is 10.9. The molecule has 0 heterocycles. The maximum absolute atomic E-state index is 13.1. The third-order valence-corrected chi connectivity index (χ3v) is 5.85. The number of alkyl halides is 3. The van der Waals surface area contributed by atoms with Crippen molar-refractivity contribution in [1.82, 2.24) is 0 Å². The van der Waals surface area contributed by atoms with E-state index >= 15 is 0 Å². The van der Waals surface area contributed by atoms with Crippen LogP contribution >= 0.6 is 0 Å². The maximum atomic E-state index is 13.1. The Kier molecular flexibility index (Phi) is 7.05. The van der Waals surface area contributed by atoms with Crippen molar-refractivity contribution in [2.75, 3.05) is 17.3 Å². The number of nitrogens with zero attached hydrogens (tertiary/aromatic N) is 2. The van der Waals surface area contributed by atoms with Gasteiger partial charge in [-0.3, -0.25) is 20.3 Å². The summed E-state index contributed by atoms with van der Waals surface area (Å²) in [7, 11) is -2.73. The monoisotopic (exact) mass is 494 g/mol. The van der Waals surface area contributed by atoms with Crippen LogP contribution in [0.1, 0.15) is 11.1 Å². The minimum absolute atomic E-state index is 0.207. The van der Waals surface area contributed by atoms with Crippen molar-refractivity contribution >= 4 is 33.3 Å². The predicted molar refractivity (Wildman–Crippen MR) is 120 cm³/mol. The van der Waals surface area contributed by atoms with Crippen molar-refractivity contribution in [3.8, 4) is 5.75 Å². The second-order valence-corrected chi connectivity index (χ2v) is 8.41. The van der Waals surface area contributed by atoms with E-state index in [2.05, 4.69) is 15.2 Å². The zero-order chi connectivity index (χ0) is 24.9. The van der Waals surface area contributed by atoms with Crippen molar-refractivity contribution in [2.24, 2.45) is 5.10 Å². The molecule has 0 amide bonds. The first kappa shape index (κ1) is 24.5. The number of hydrazone groups is 1. The van der Waals surface area contributed by atoms with Crippen LogP contribution in [0.5, 0.6) is 5.75 Å². The number of halogens is 3. The van der Waals surface area contributed by atoms with Gasteiger partial charge in [0.05, 0.1) is 28.7 Å². The fourth-order valence-electron chi connectivity index (χ4n) is 2.84. The number of nitro groups is 1. The average Bonchev–Trinajstić information content (AvgIpc) is 2.79. The highest BCUT2D eigenvalue weighted by atomic mass is 32.2. The Labute approximate surface area is 192 Å². The van der Waals surface area contributed by atoms with Gasteiger partial charge >= 0.3 is 6.18 Å². The summed E-state index contributed by atoms with van der Waals surface area (Å²) in [5.74, 6) is 0.507. The molecular formula is C21H17F3N4O5S. The van der Waals surface area contributed by atoms with Crippen molar-refractivity contribution in [1.29, 1.82) is 0 Å². The van der Waals surface area contributed by atoms with Gasteiger partial charge in [-0.2, -0.15) is 18.3 Å². The molecule has 0 fully saturated rings. The second kappa shape index (κ2) is 9.79. The molecule has 0 saturated carbocycles. The highest BCUT2D eigenvalue weighted by Crippen LogP contribution is 2.32. The summed E-state index contributed by atoms with van der Waals surface area (Å²) in [5.41, 5.74) is 0.461. The molecule has 0 bridgehead atoms. The fraction of sp³-hybridized carbons (Fsp3) is 0.0952. The van der Waals surface area contributed by atoms with E-state index in [1.165, 1.54) is 49.6 Å². The number of methoxy groups -OCH3 is 1. The third-order valence-electron chi connectivity index (χ3n) is 4.47. The van der Waals surface area contributed by atoms with E-state index in [0.717, 1.165) is 30.5 Å². The van der Waals surface area contributed by atoms with Crippen LogP contribution in [0.3, 0.4) is 0 Å². The lowest BCUT2D eigenvalue weighted by molar-refractivity contribution is -0.384. The van der Waals surface area contributed by atoms with Crippen LogP contribution < -0.4 is 14.9 Å². The van der Waals surface area contributed by atoms with Gasteiger partial charge in [0.15, 0.2) is 0 Å². The fourth-order valence-corrected chi connectivity index (χ4v) is 3.91. The smallest absolute Gasteiger partial charge is 0.417 e. The number of benzene rings is 3. The van der Waals surface area contributed by atoms with E-state index in [0.29, 0.717) is 5.75 Å². The van der Waals surface area contributed by atoms with Crippen LogP contribution in [0.2, 0.25) is 0 Å². The van der Waals surface area contributed by atoms with Crippen LogP contribution in [0.25, 0.3) is 0 Å². The molecule has 0 atom stereocenters. The predicted octanol–water partition coefficient (Wildman–Crippen LogP) is 4.87. The van der Waals surface area contributed by atoms with E-state index in [1.54, 1.807) is 0 Å². The molecule has 3 rings (SSSR count). The van der Waals surface area contributed by atoms with Gasteiger partial charge in [0.25, 0.3) is 15.7 Å². The van der Waals surface area contributed by atoms with Gasteiger partial charge in [-0.05, 0) is 42.5 Å². The Balaban J connectivity index is 1.85. The first-order chi connectivity index (χ1) is 16.0. The molecule has 0 aliphatic carbocycles. The number of anilines is 2. The standard InChI is InChI=1S/C21H17F3N4O5S/c1-33-16-8-6-15(7-9-16)27-34(31,32)17-10-11-19(20(12-17)28(29)30)26-25-13-14-4-2-3-5-18(14)21(22,23)24/h2-13,26-27H,1H3/b25-13+. The van der Waals surface area contributed by atoms with Crippen molar-refractivity contribution in [3.05, 3.63) is 88.0 Å². The normalized spacial score (nSPS) is 11.9. The zero-order valence-corrected chi connectivity index (χ0v) is 18.2. The quantitative estimate of drug-likeness (QED) is 0.262. The third kappa shape index (κ3) is 5.81. The van der Waals surface area contributed by atoms with E-state index in [9.17, 15) is 31.7 Å². The van der Waals surface area contributed by atoms with Gasteiger partial charge in [0.2, 0.25) is 0 Å². The van der Waals surface area contributed by atoms with Gasteiger partial charge in [0.1, 0.15) is 11.4 Å². The van der Waals surface area contributed by atoms with E-state index in [1.807, 2.05) is 0 Å². The van der Waals surface area contributed by atoms with Crippen LogP contribution in [0.15, 0.2) is 76.7 Å². The molecule has 2 N–H and O–H groups in total. The minimum Gasteiger partial charge on any atom is -0.497 e. The Bertz CT molecular complexity index is 1330. The Morgan fingerprint density at radius 2 is 1.74 bits per heavy atom. The van der Waals surface area contributed by atoms with Crippen molar-refractivity contribution in [3.63, 3.8) is 0 Å². The summed E-state index contributed by atoms with van der Waals surface area (Å²) >= 11 is 0. The van der Waals surface area contributed by atoms with E-state index < -0.39 is 37.3 Å². The van der Waals surface area contributed by atoms with Crippen molar-refractivity contribution < 1.29 is 31.2 Å². The average molecular weight is 494 g/mol. The molecule has 0 unspecified atom stereocenters. The molecule has 34 heavy (non-hydrogen) atoms. The zero-order valence-electron chi connectivity index (χ0n) is 17.4. The largest absolute Gasteiger partial charge is 0.497 e. The molecule has 0 radical (unpaired) electrons. The summed E-state index contributed by atoms with van der Waals surface area (Å²) in [6.07, 6.45) is -3.75. The van der Waals surface area contributed by atoms with E-state index in [4.69, 9.17) is 4.74 Å². The summed E-state index contributed by atoms with van der Waals surface area (Å²) in [4.78, 5) is 10.2. The number of hydrogen-bond acceptors (Lipinski definition) is 7. The Morgan fingerprint density at radius 1 is 1.06 bits per heavy atom. The SMILES string of the molecule is COc1ccc(NS(=O)(=O)c2ccc(N/N=C/c3ccccc3C(F)(F)F)c([N+](=O)[O-])c2)cc1. The summed E-state index contributed by atoms with van der Waals surface area (Å²) in [6.45, 7) is 0. The van der Waals surface area contributed by atoms with Gasteiger partial charge in [-0.1, -0.05) is 18.2 Å². The van der Waals surface area contributed by atoms with Gasteiger partial charge in [-0.25, -0.2) is 8.42 Å². The molecule has 3 aromatic rings. The molecule has 0 aliphatic rings. The number of nitrogens with one attached hydrogen (secondary N) is 2. The molecule has 13 heteroatoms. The van der Waals surface area contributed by atoms with Crippen molar-refractivity contribution in [2.45, 2.75) is 11.1 Å². The molecule has 178 valence electrons. The Morgan fingerprint density at radius 3 is 2.35 bits per heavy atom. The van der Waals surface area contributed by atoms with Crippen LogP contribution in [0, 0.1) is 10.1 Å². The summed E-state index contributed by atoms with van der Waals surface area (Å²) in [5, 5.41) is 15.1. The number of hydrogen-bond donors (Lipinski definition) is 2. The molecule has 0 aliphatic heterocycles. The van der Waals surface area contributed by atoms with Crippen LogP contribution in [-0.2, 0) is 16.2 Å². The number of nitro benzene ring substituents is 1. The molecule has 0 saturated heterocycles. The molecular weight excluding hydrogens is 477 g/mol. The first-order valence-electron chi connectivity index (χ1n) is 9.42. The summed E-state index contributed by atoms with van der Waals surface area (Å²) < 4.78 is 71.8.